The van der Waals surface area contributed by atoms with Gasteiger partial charge in [-0.25, -0.2) is 9.67 Å². The van der Waals surface area contributed by atoms with Crippen LogP contribution in [0.25, 0.3) is 0 Å². The molecule has 0 aliphatic heterocycles. The molecule has 0 aliphatic carbocycles. The van der Waals surface area contributed by atoms with E-state index < -0.39 is 0 Å². The summed E-state index contributed by atoms with van der Waals surface area (Å²) in [7, 11) is 0. The summed E-state index contributed by atoms with van der Waals surface area (Å²) in [5, 5.41) is 10.8. The highest BCUT2D eigenvalue weighted by Gasteiger charge is 2.06. The van der Waals surface area contributed by atoms with Crippen molar-refractivity contribution in [3.63, 3.8) is 0 Å². The molecule has 3 aromatic rings. The molecule has 1 heterocycles. The summed E-state index contributed by atoms with van der Waals surface area (Å²) in [6, 6.07) is 15.3. The first-order chi connectivity index (χ1) is 12.5. The van der Waals surface area contributed by atoms with Gasteiger partial charge in [0.2, 0.25) is 5.95 Å². The first-order valence-electron chi connectivity index (χ1n) is 8.14. The van der Waals surface area contributed by atoms with E-state index >= 15 is 0 Å². The Morgan fingerprint density at radius 1 is 1.12 bits per heavy atom. The Morgan fingerprint density at radius 2 is 1.85 bits per heavy atom. The number of aromatic nitrogens is 3. The Morgan fingerprint density at radius 3 is 2.54 bits per heavy atom. The van der Waals surface area contributed by atoms with E-state index in [1.807, 2.05) is 12.1 Å². The van der Waals surface area contributed by atoms with Gasteiger partial charge in [0, 0.05) is 11.3 Å². The normalized spacial score (nSPS) is 10.4. The van der Waals surface area contributed by atoms with Crippen molar-refractivity contribution >= 4 is 34.7 Å². The first-order valence-corrected chi connectivity index (χ1v) is 8.55. The molecule has 132 valence electrons. The standard InChI is InChI=1S/C19H19N5OS/c1-13-5-3-4-6-16(13)11-24-12-20-18(23-24)22-19(26)21-17-9-7-15(8-10-17)14(2)25/h3-10,12H,11H2,1-2H3,(H2,21,22,23,26). The van der Waals surface area contributed by atoms with Crippen LogP contribution < -0.4 is 10.6 Å². The number of Topliss-reactive ketones (excluding diaryl/α,β-unsaturated/α-hetero) is 1. The second-order valence-electron chi connectivity index (χ2n) is 5.90. The van der Waals surface area contributed by atoms with Gasteiger partial charge < -0.3 is 5.32 Å². The molecule has 2 N–H and O–H groups in total. The number of hydrogen-bond acceptors (Lipinski definition) is 4. The number of rotatable bonds is 5. The second-order valence-corrected chi connectivity index (χ2v) is 6.31. The van der Waals surface area contributed by atoms with Gasteiger partial charge in [-0.3, -0.25) is 10.1 Å². The lowest BCUT2D eigenvalue weighted by molar-refractivity contribution is 0.101. The first kappa shape index (κ1) is 17.8. The van der Waals surface area contributed by atoms with Gasteiger partial charge in [0.1, 0.15) is 6.33 Å². The third kappa shape index (κ3) is 4.52. The molecule has 0 bridgehead atoms. The van der Waals surface area contributed by atoms with Gasteiger partial charge in [0.15, 0.2) is 10.9 Å². The van der Waals surface area contributed by atoms with Crippen LogP contribution in [-0.2, 0) is 6.54 Å². The largest absolute Gasteiger partial charge is 0.332 e. The highest BCUT2D eigenvalue weighted by atomic mass is 32.1. The lowest BCUT2D eigenvalue weighted by atomic mass is 10.1. The summed E-state index contributed by atoms with van der Waals surface area (Å²) in [4.78, 5) is 15.5. The quantitative estimate of drug-likeness (QED) is 0.531. The third-order valence-electron chi connectivity index (χ3n) is 3.90. The number of carbonyl (C=O) groups is 1. The van der Waals surface area contributed by atoms with Crippen LogP contribution in [0.3, 0.4) is 0 Å². The number of thiocarbonyl (C=S) groups is 1. The SMILES string of the molecule is CC(=O)c1ccc(NC(=S)Nc2ncn(Cc3ccccc3C)n2)cc1. The minimum atomic E-state index is 0.0284. The van der Waals surface area contributed by atoms with Crippen LogP contribution in [-0.4, -0.2) is 25.7 Å². The van der Waals surface area contributed by atoms with Crippen molar-refractivity contribution in [3.05, 3.63) is 71.5 Å². The summed E-state index contributed by atoms with van der Waals surface area (Å²) in [5.41, 5.74) is 3.84. The average molecular weight is 365 g/mol. The van der Waals surface area contributed by atoms with E-state index in [0.29, 0.717) is 23.2 Å². The number of aryl methyl sites for hydroxylation is 1. The predicted octanol–water partition coefficient (Wildman–Crippen LogP) is 3.65. The number of nitrogens with zero attached hydrogens (tertiary/aromatic N) is 3. The van der Waals surface area contributed by atoms with Crippen molar-refractivity contribution in [1.82, 2.24) is 14.8 Å². The van der Waals surface area contributed by atoms with Crippen LogP contribution in [0.4, 0.5) is 11.6 Å². The van der Waals surface area contributed by atoms with E-state index in [4.69, 9.17) is 12.2 Å². The van der Waals surface area contributed by atoms with E-state index in [1.165, 1.54) is 18.1 Å². The molecule has 0 unspecified atom stereocenters. The van der Waals surface area contributed by atoms with E-state index in [0.717, 1.165) is 5.69 Å². The minimum Gasteiger partial charge on any atom is -0.332 e. The number of nitrogens with one attached hydrogen (secondary N) is 2. The molecular formula is C19H19N5OS. The molecule has 0 fully saturated rings. The van der Waals surface area contributed by atoms with Crippen molar-refractivity contribution in [2.75, 3.05) is 10.6 Å². The van der Waals surface area contributed by atoms with Crippen LogP contribution >= 0.6 is 12.2 Å². The average Bonchev–Trinajstić information content (AvgIpc) is 3.04. The van der Waals surface area contributed by atoms with Crippen molar-refractivity contribution in [2.24, 2.45) is 0 Å². The van der Waals surface area contributed by atoms with Crippen LogP contribution in [0, 0.1) is 6.92 Å². The molecule has 3 rings (SSSR count). The topological polar surface area (TPSA) is 71.8 Å². The van der Waals surface area contributed by atoms with Gasteiger partial charge in [0.05, 0.1) is 6.54 Å². The Bertz CT molecular complexity index is 933. The van der Waals surface area contributed by atoms with Gasteiger partial charge in [-0.05, 0) is 61.5 Å². The molecule has 0 saturated heterocycles. The summed E-state index contributed by atoms with van der Waals surface area (Å²) in [6.07, 6.45) is 1.67. The summed E-state index contributed by atoms with van der Waals surface area (Å²) >= 11 is 5.28. The van der Waals surface area contributed by atoms with Crippen LogP contribution in [0.1, 0.15) is 28.4 Å². The lowest BCUT2D eigenvalue weighted by Gasteiger charge is -2.08. The molecule has 1 aromatic heterocycles. The zero-order valence-electron chi connectivity index (χ0n) is 14.6. The maximum atomic E-state index is 11.3. The Hall–Kier alpha value is -3.06. The smallest absolute Gasteiger partial charge is 0.248 e. The fourth-order valence-corrected chi connectivity index (χ4v) is 2.65. The second kappa shape index (κ2) is 7.88. The zero-order valence-corrected chi connectivity index (χ0v) is 15.4. The summed E-state index contributed by atoms with van der Waals surface area (Å²) in [6.45, 7) is 4.25. The minimum absolute atomic E-state index is 0.0284. The Labute approximate surface area is 157 Å². The number of hydrogen-bond donors (Lipinski definition) is 2. The van der Waals surface area contributed by atoms with Crippen LogP contribution in [0.2, 0.25) is 0 Å². The molecule has 2 aromatic carbocycles. The zero-order chi connectivity index (χ0) is 18.5. The molecule has 6 nitrogen and oxygen atoms in total. The highest BCUT2D eigenvalue weighted by molar-refractivity contribution is 7.80. The van der Waals surface area contributed by atoms with Crippen molar-refractivity contribution in [2.45, 2.75) is 20.4 Å². The number of anilines is 2. The number of carbonyl (C=O) groups excluding carboxylic acids is 1. The molecule has 0 radical (unpaired) electrons. The maximum Gasteiger partial charge on any atom is 0.248 e. The van der Waals surface area contributed by atoms with Gasteiger partial charge in [-0.15, -0.1) is 5.10 Å². The monoisotopic (exact) mass is 365 g/mol. The number of ketones is 1. The van der Waals surface area contributed by atoms with Gasteiger partial charge >= 0.3 is 0 Å². The maximum absolute atomic E-state index is 11.3. The molecule has 0 aliphatic rings. The van der Waals surface area contributed by atoms with E-state index in [9.17, 15) is 4.79 Å². The van der Waals surface area contributed by atoms with Crippen molar-refractivity contribution in [3.8, 4) is 0 Å². The molecule has 0 atom stereocenters. The van der Waals surface area contributed by atoms with Gasteiger partial charge in [-0.2, -0.15) is 0 Å². The van der Waals surface area contributed by atoms with Crippen LogP contribution in [0.5, 0.6) is 0 Å². The fraction of sp³-hybridized carbons (Fsp3) is 0.158. The van der Waals surface area contributed by atoms with E-state index in [2.05, 4.69) is 39.8 Å². The molecule has 0 saturated carbocycles. The molecule has 26 heavy (non-hydrogen) atoms. The molecule has 0 spiro atoms. The van der Waals surface area contributed by atoms with Gasteiger partial charge in [0.25, 0.3) is 0 Å². The number of benzene rings is 2. The lowest BCUT2D eigenvalue weighted by Crippen LogP contribution is -2.20. The van der Waals surface area contributed by atoms with Crippen LogP contribution in [0.15, 0.2) is 54.9 Å². The fourth-order valence-electron chi connectivity index (χ4n) is 2.44. The van der Waals surface area contributed by atoms with Gasteiger partial charge in [-0.1, -0.05) is 24.3 Å². The predicted molar refractivity (Wildman–Crippen MR) is 107 cm³/mol. The van der Waals surface area contributed by atoms with Crippen molar-refractivity contribution in [1.29, 1.82) is 0 Å². The van der Waals surface area contributed by atoms with Crippen molar-refractivity contribution < 1.29 is 4.79 Å². The molecular weight excluding hydrogens is 346 g/mol. The molecule has 0 amide bonds. The third-order valence-corrected chi connectivity index (χ3v) is 4.11. The van der Waals surface area contributed by atoms with E-state index in [-0.39, 0.29) is 5.78 Å². The van der Waals surface area contributed by atoms with E-state index in [1.54, 1.807) is 35.3 Å². The Kier molecular flexibility index (Phi) is 5.38. The summed E-state index contributed by atoms with van der Waals surface area (Å²) < 4.78 is 1.76. The Balaban J connectivity index is 1.59. The summed E-state index contributed by atoms with van der Waals surface area (Å²) in [5.74, 6) is 0.456. The molecule has 7 heteroatoms. The highest BCUT2D eigenvalue weighted by Crippen LogP contribution is 2.11.